The molecule has 0 aromatic heterocycles. The van der Waals surface area contributed by atoms with Crippen LogP contribution >= 0.6 is 0 Å². The van der Waals surface area contributed by atoms with Gasteiger partial charge < -0.3 is 15.0 Å². The molecule has 0 unspecified atom stereocenters. The molecule has 1 amide bonds. The summed E-state index contributed by atoms with van der Waals surface area (Å²) < 4.78 is 18.8. The maximum absolute atomic E-state index is 13.2. The monoisotopic (exact) mass is 280 g/mol. The molecular weight excluding hydrogens is 259 g/mol. The van der Waals surface area contributed by atoms with Crippen LogP contribution in [0.2, 0.25) is 0 Å². The average molecular weight is 280 g/mol. The second-order valence-corrected chi connectivity index (χ2v) is 4.98. The zero-order valence-corrected chi connectivity index (χ0v) is 12.0. The Labute approximate surface area is 118 Å². The Morgan fingerprint density at radius 1 is 1.50 bits per heavy atom. The lowest BCUT2D eigenvalue weighted by molar-refractivity contribution is -0.133. The maximum atomic E-state index is 13.2. The van der Waals surface area contributed by atoms with E-state index in [0.717, 1.165) is 18.4 Å². The Bertz CT molecular complexity index is 475. The van der Waals surface area contributed by atoms with Gasteiger partial charge in [0.1, 0.15) is 11.6 Å². The molecule has 1 aromatic carbocycles. The van der Waals surface area contributed by atoms with Gasteiger partial charge in [-0.25, -0.2) is 4.39 Å². The molecule has 1 aliphatic carbocycles. The number of nitrogens with zero attached hydrogens (tertiary/aromatic N) is 1. The van der Waals surface area contributed by atoms with Crippen molar-refractivity contribution in [3.8, 4) is 5.75 Å². The molecule has 110 valence electrons. The van der Waals surface area contributed by atoms with E-state index in [1.165, 1.54) is 12.1 Å². The van der Waals surface area contributed by atoms with E-state index < -0.39 is 0 Å². The van der Waals surface area contributed by atoms with Gasteiger partial charge in [0.2, 0.25) is 0 Å². The minimum Gasteiger partial charge on any atom is -0.483 e. The molecule has 1 N–H and O–H groups in total. The summed E-state index contributed by atoms with van der Waals surface area (Å²) in [6.45, 7) is 3.19. The Morgan fingerprint density at radius 3 is 2.85 bits per heavy atom. The van der Waals surface area contributed by atoms with Crippen molar-refractivity contribution in [3.63, 3.8) is 0 Å². The van der Waals surface area contributed by atoms with Crippen molar-refractivity contribution >= 4 is 5.91 Å². The number of benzene rings is 1. The van der Waals surface area contributed by atoms with E-state index in [1.54, 1.807) is 13.1 Å². The van der Waals surface area contributed by atoms with Crippen molar-refractivity contribution in [1.29, 1.82) is 0 Å². The molecule has 0 heterocycles. The first kappa shape index (κ1) is 14.8. The lowest BCUT2D eigenvalue weighted by Gasteiger charge is -2.21. The van der Waals surface area contributed by atoms with E-state index in [0.29, 0.717) is 24.9 Å². The first-order valence-electron chi connectivity index (χ1n) is 7.01. The molecule has 0 spiro atoms. The van der Waals surface area contributed by atoms with Gasteiger partial charge in [0.15, 0.2) is 6.61 Å². The highest BCUT2D eigenvalue weighted by atomic mass is 19.1. The number of rotatable bonds is 7. The van der Waals surface area contributed by atoms with E-state index in [9.17, 15) is 9.18 Å². The zero-order valence-electron chi connectivity index (χ0n) is 12.0. The smallest absolute Gasteiger partial charge is 0.260 e. The van der Waals surface area contributed by atoms with Crippen molar-refractivity contribution in [2.24, 2.45) is 0 Å². The number of carbonyl (C=O) groups is 1. The minimum atomic E-state index is -0.304. The molecule has 5 heteroatoms. The topological polar surface area (TPSA) is 41.6 Å². The van der Waals surface area contributed by atoms with Gasteiger partial charge in [0, 0.05) is 24.7 Å². The first-order chi connectivity index (χ1) is 9.65. The number of likely N-dealkylation sites (N-methyl/N-ethyl adjacent to an activating group) is 1. The molecule has 0 aliphatic heterocycles. The van der Waals surface area contributed by atoms with E-state index >= 15 is 0 Å². The summed E-state index contributed by atoms with van der Waals surface area (Å²) >= 11 is 0. The van der Waals surface area contributed by atoms with Crippen molar-refractivity contribution in [3.05, 3.63) is 29.6 Å². The number of carbonyl (C=O) groups excluding carboxylic acids is 1. The third kappa shape index (κ3) is 3.70. The largest absolute Gasteiger partial charge is 0.483 e. The van der Waals surface area contributed by atoms with E-state index in [-0.39, 0.29) is 18.3 Å². The molecule has 0 bridgehead atoms. The Balaban J connectivity index is 1.97. The Kier molecular flexibility index (Phi) is 4.95. The number of nitrogens with one attached hydrogen (secondary N) is 1. The van der Waals surface area contributed by atoms with Gasteiger partial charge in [-0.15, -0.1) is 0 Å². The minimum absolute atomic E-state index is 0.00488. The summed E-state index contributed by atoms with van der Waals surface area (Å²) in [5, 5.41) is 2.96. The molecular formula is C15H21FN2O2. The number of amides is 1. The van der Waals surface area contributed by atoms with E-state index in [4.69, 9.17) is 4.74 Å². The van der Waals surface area contributed by atoms with Crippen LogP contribution in [-0.2, 0) is 11.3 Å². The predicted molar refractivity (Wildman–Crippen MR) is 75.1 cm³/mol. The highest BCUT2D eigenvalue weighted by molar-refractivity contribution is 5.78. The SMILES string of the molecule is CCN(C(=O)COc1ccc(F)cc1CNC)C1CC1. The van der Waals surface area contributed by atoms with Crippen LogP contribution in [0.3, 0.4) is 0 Å². The van der Waals surface area contributed by atoms with Crippen LogP contribution in [0.5, 0.6) is 5.75 Å². The lowest BCUT2D eigenvalue weighted by Crippen LogP contribution is -2.36. The van der Waals surface area contributed by atoms with Crippen LogP contribution in [0.4, 0.5) is 4.39 Å². The third-order valence-electron chi connectivity index (χ3n) is 3.39. The summed E-state index contributed by atoms with van der Waals surface area (Å²) in [6.07, 6.45) is 2.17. The highest BCUT2D eigenvalue weighted by Gasteiger charge is 2.31. The second-order valence-electron chi connectivity index (χ2n) is 4.98. The molecule has 2 rings (SSSR count). The van der Waals surface area contributed by atoms with Crippen LogP contribution in [0, 0.1) is 5.82 Å². The van der Waals surface area contributed by atoms with Crippen LogP contribution in [0.25, 0.3) is 0 Å². The molecule has 1 aromatic rings. The lowest BCUT2D eigenvalue weighted by atomic mass is 10.2. The molecule has 1 saturated carbocycles. The molecule has 4 nitrogen and oxygen atoms in total. The predicted octanol–water partition coefficient (Wildman–Crippen LogP) is 1.93. The van der Waals surface area contributed by atoms with Gasteiger partial charge in [0.05, 0.1) is 0 Å². The van der Waals surface area contributed by atoms with Crippen LogP contribution in [-0.4, -0.2) is 37.0 Å². The summed E-state index contributed by atoms with van der Waals surface area (Å²) in [5.41, 5.74) is 0.717. The van der Waals surface area contributed by atoms with Gasteiger partial charge in [-0.3, -0.25) is 4.79 Å². The molecule has 0 saturated heterocycles. The number of hydrogen-bond acceptors (Lipinski definition) is 3. The van der Waals surface area contributed by atoms with Gasteiger partial charge in [-0.05, 0) is 45.0 Å². The van der Waals surface area contributed by atoms with Crippen LogP contribution in [0.15, 0.2) is 18.2 Å². The fraction of sp³-hybridized carbons (Fsp3) is 0.533. The molecule has 1 fully saturated rings. The fourth-order valence-corrected chi connectivity index (χ4v) is 2.26. The fourth-order valence-electron chi connectivity index (χ4n) is 2.26. The van der Waals surface area contributed by atoms with Gasteiger partial charge in [0.25, 0.3) is 5.91 Å². The van der Waals surface area contributed by atoms with E-state index in [2.05, 4.69) is 5.32 Å². The van der Waals surface area contributed by atoms with Crippen LogP contribution < -0.4 is 10.1 Å². The number of hydrogen-bond donors (Lipinski definition) is 1. The third-order valence-corrected chi connectivity index (χ3v) is 3.39. The van der Waals surface area contributed by atoms with Crippen LogP contribution in [0.1, 0.15) is 25.3 Å². The van der Waals surface area contributed by atoms with Crippen molar-refractivity contribution in [2.45, 2.75) is 32.4 Å². The Hall–Kier alpha value is -1.62. The van der Waals surface area contributed by atoms with Gasteiger partial charge in [-0.1, -0.05) is 0 Å². The van der Waals surface area contributed by atoms with E-state index in [1.807, 2.05) is 11.8 Å². The maximum Gasteiger partial charge on any atom is 0.260 e. The van der Waals surface area contributed by atoms with Crippen molar-refractivity contribution in [2.75, 3.05) is 20.2 Å². The number of ether oxygens (including phenoxy) is 1. The molecule has 0 atom stereocenters. The summed E-state index contributed by atoms with van der Waals surface area (Å²) in [4.78, 5) is 13.9. The normalized spacial score (nSPS) is 14.2. The molecule has 0 radical (unpaired) electrons. The Morgan fingerprint density at radius 2 is 2.25 bits per heavy atom. The molecule has 20 heavy (non-hydrogen) atoms. The van der Waals surface area contributed by atoms with Crippen molar-refractivity contribution < 1.29 is 13.9 Å². The van der Waals surface area contributed by atoms with Gasteiger partial charge >= 0.3 is 0 Å². The summed E-state index contributed by atoms with van der Waals surface area (Å²) in [6, 6.07) is 4.73. The highest BCUT2D eigenvalue weighted by Crippen LogP contribution is 2.27. The van der Waals surface area contributed by atoms with Crippen molar-refractivity contribution in [1.82, 2.24) is 10.2 Å². The number of halogens is 1. The summed E-state index contributed by atoms with van der Waals surface area (Å²) in [7, 11) is 1.78. The summed E-state index contributed by atoms with van der Waals surface area (Å²) in [5.74, 6) is 0.248. The van der Waals surface area contributed by atoms with Gasteiger partial charge in [-0.2, -0.15) is 0 Å². The standard InChI is InChI=1S/C15H21FN2O2/c1-3-18(13-5-6-13)15(19)10-20-14-7-4-12(16)8-11(14)9-17-2/h4,7-8,13,17H,3,5-6,9-10H2,1-2H3. The average Bonchev–Trinajstić information content (AvgIpc) is 3.24. The quantitative estimate of drug-likeness (QED) is 0.830. The second kappa shape index (κ2) is 6.70. The molecule has 1 aliphatic rings. The first-order valence-corrected chi connectivity index (χ1v) is 7.01. The zero-order chi connectivity index (χ0) is 14.5.